The Labute approximate surface area is 265 Å². The SMILES string of the molecule is N#Cc1c(F)c(C#N)c(F)c(-c2nc(-c3c(F)c(C#N)c(F)c(C#N)c3F)c(C#N)c(-c3c(F)c(C#N)c(F)c(C#N)c3F)c2C#N)c1F. The first-order valence-electron chi connectivity index (χ1n) is 12.2. The molecule has 1 heterocycles. The van der Waals surface area contributed by atoms with Gasteiger partial charge in [0.1, 0.15) is 81.9 Å². The van der Waals surface area contributed by atoms with Crippen molar-refractivity contribution in [3.8, 4) is 82.2 Å². The summed E-state index contributed by atoms with van der Waals surface area (Å²) >= 11 is 0. The van der Waals surface area contributed by atoms with Crippen LogP contribution < -0.4 is 0 Å². The molecule has 0 radical (unpaired) electrons. The zero-order valence-electron chi connectivity index (χ0n) is 22.9. The van der Waals surface area contributed by atoms with Gasteiger partial charge in [0.15, 0.2) is 52.4 Å². The smallest absolute Gasteiger partial charge is 0.164 e. The molecule has 3 aromatic carbocycles. The number of nitriles is 8. The van der Waals surface area contributed by atoms with Gasteiger partial charge >= 0.3 is 0 Å². The summed E-state index contributed by atoms with van der Waals surface area (Å²) in [6, 6.07) is 7.90. The molecule has 0 aliphatic heterocycles. The highest BCUT2D eigenvalue weighted by atomic mass is 19.2. The Hall–Kier alpha value is -7.90. The normalized spacial score (nSPS) is 9.98. The zero-order valence-corrected chi connectivity index (χ0v) is 22.9. The third-order valence-electron chi connectivity index (χ3n) is 6.77. The molecule has 0 spiro atoms. The second-order valence-corrected chi connectivity index (χ2v) is 9.03. The summed E-state index contributed by atoms with van der Waals surface area (Å²) in [5.41, 5.74) is -24.3. The number of benzene rings is 3. The average molecular weight is 669 g/mol. The highest BCUT2D eigenvalue weighted by molar-refractivity contribution is 5.91. The van der Waals surface area contributed by atoms with Crippen molar-refractivity contribution in [3.05, 3.63) is 96.9 Å². The lowest BCUT2D eigenvalue weighted by atomic mass is 9.86. The van der Waals surface area contributed by atoms with Crippen molar-refractivity contribution in [3.63, 3.8) is 0 Å². The van der Waals surface area contributed by atoms with Crippen LogP contribution in [0.25, 0.3) is 33.6 Å². The number of pyridine rings is 1. The predicted molar refractivity (Wildman–Crippen MR) is 138 cm³/mol. The standard InChI is InChI=1S/C31F9N9/c32-21-11(3-43)24(35)18(25(36)12(21)4-44)17-9(1-41)30(19-26(37)13(5-45)22(33)14(6-46)27(19)38)49-31(10(17)2-42)20-28(39)15(7-47)23(34)16(8-48)29(20)40. The molecular weight excluding hydrogens is 669 g/mol. The van der Waals surface area contributed by atoms with Gasteiger partial charge in [-0.1, -0.05) is 0 Å². The summed E-state index contributed by atoms with van der Waals surface area (Å²) < 4.78 is 138. The number of aromatic nitrogens is 1. The molecular formula is C31F9N9. The summed E-state index contributed by atoms with van der Waals surface area (Å²) in [6.07, 6.45) is 0. The lowest BCUT2D eigenvalue weighted by Gasteiger charge is -2.19. The summed E-state index contributed by atoms with van der Waals surface area (Å²) in [7, 11) is 0. The van der Waals surface area contributed by atoms with Crippen LogP contribution >= 0.6 is 0 Å². The summed E-state index contributed by atoms with van der Waals surface area (Å²) in [5, 5.41) is 76.1. The van der Waals surface area contributed by atoms with Crippen molar-refractivity contribution in [1.29, 1.82) is 42.1 Å². The fourth-order valence-electron chi connectivity index (χ4n) is 4.63. The Morgan fingerprint density at radius 3 is 0.673 bits per heavy atom. The van der Waals surface area contributed by atoms with Crippen molar-refractivity contribution in [2.75, 3.05) is 0 Å². The van der Waals surface area contributed by atoms with E-state index in [0.717, 1.165) is 48.6 Å². The lowest BCUT2D eigenvalue weighted by molar-refractivity contribution is 0.538. The fourth-order valence-corrected chi connectivity index (χ4v) is 4.63. The molecule has 1 aromatic heterocycles. The average Bonchev–Trinajstić information content (AvgIpc) is 3.06. The Morgan fingerprint density at radius 2 is 0.469 bits per heavy atom. The summed E-state index contributed by atoms with van der Waals surface area (Å²) in [4.78, 5) is 3.47. The molecule has 0 aliphatic rings. The Balaban J connectivity index is 2.55. The van der Waals surface area contributed by atoms with Crippen molar-refractivity contribution >= 4 is 0 Å². The van der Waals surface area contributed by atoms with Gasteiger partial charge in [-0.05, 0) is 0 Å². The first kappa shape index (κ1) is 34.0. The van der Waals surface area contributed by atoms with Crippen LogP contribution in [0.2, 0.25) is 0 Å². The van der Waals surface area contributed by atoms with Gasteiger partial charge in [0.05, 0.1) is 39.2 Å². The van der Waals surface area contributed by atoms with E-state index in [0.29, 0.717) is 0 Å². The van der Waals surface area contributed by atoms with Crippen LogP contribution in [0.1, 0.15) is 44.5 Å². The molecule has 0 bridgehead atoms. The quantitative estimate of drug-likeness (QED) is 0.224. The second kappa shape index (κ2) is 12.5. The molecule has 18 heteroatoms. The highest BCUT2D eigenvalue weighted by Gasteiger charge is 2.37. The van der Waals surface area contributed by atoms with E-state index in [1.807, 2.05) is 0 Å². The van der Waals surface area contributed by atoms with E-state index in [9.17, 15) is 55.3 Å². The van der Waals surface area contributed by atoms with E-state index in [2.05, 4.69) is 4.98 Å². The van der Waals surface area contributed by atoms with Gasteiger partial charge in [0, 0.05) is 5.56 Å². The number of hydrogen-bond acceptors (Lipinski definition) is 9. The van der Waals surface area contributed by atoms with Crippen molar-refractivity contribution < 1.29 is 39.5 Å². The van der Waals surface area contributed by atoms with Crippen LogP contribution in [0.15, 0.2) is 0 Å². The van der Waals surface area contributed by atoms with Crippen molar-refractivity contribution in [1.82, 2.24) is 4.98 Å². The molecule has 0 unspecified atom stereocenters. The van der Waals surface area contributed by atoms with Crippen molar-refractivity contribution in [2.24, 2.45) is 0 Å². The van der Waals surface area contributed by atoms with E-state index in [1.54, 1.807) is 0 Å². The predicted octanol–water partition coefficient (Wildman–Crippen LogP) is 6.31. The van der Waals surface area contributed by atoms with E-state index >= 15 is 26.3 Å². The molecule has 0 aliphatic carbocycles. The Kier molecular flexibility index (Phi) is 8.65. The van der Waals surface area contributed by atoms with E-state index in [4.69, 9.17) is 0 Å². The molecule has 0 saturated heterocycles. The molecule has 0 N–H and O–H groups in total. The minimum absolute atomic E-state index is 0.936. The van der Waals surface area contributed by atoms with Gasteiger partial charge in [-0.25, -0.2) is 44.5 Å². The molecule has 0 fully saturated rings. The molecule has 4 rings (SSSR count). The van der Waals surface area contributed by atoms with Crippen LogP contribution in [-0.4, -0.2) is 4.98 Å². The number of rotatable bonds is 3. The molecule has 0 amide bonds. The zero-order chi connectivity index (χ0) is 36.6. The van der Waals surface area contributed by atoms with E-state index in [1.165, 1.54) is 0 Å². The summed E-state index contributed by atoms with van der Waals surface area (Å²) in [5.74, 6) is -20.1. The maximum absolute atomic E-state index is 15.8. The maximum Gasteiger partial charge on any atom is 0.164 e. The van der Waals surface area contributed by atoms with Crippen molar-refractivity contribution in [2.45, 2.75) is 0 Å². The molecule has 9 nitrogen and oxygen atoms in total. The first-order valence-corrected chi connectivity index (χ1v) is 12.2. The molecule has 49 heavy (non-hydrogen) atoms. The van der Waals surface area contributed by atoms with Gasteiger partial charge in [-0.2, -0.15) is 42.1 Å². The Morgan fingerprint density at radius 1 is 0.265 bits per heavy atom. The number of hydrogen-bond donors (Lipinski definition) is 0. The molecule has 4 aromatic rings. The summed E-state index contributed by atoms with van der Waals surface area (Å²) in [6.45, 7) is 0. The highest BCUT2D eigenvalue weighted by Crippen LogP contribution is 2.45. The topological polar surface area (TPSA) is 203 Å². The third-order valence-corrected chi connectivity index (χ3v) is 6.77. The minimum atomic E-state index is -2.31. The van der Waals surface area contributed by atoms with E-state index < -0.39 is 131 Å². The maximum atomic E-state index is 15.8. The van der Waals surface area contributed by atoms with Gasteiger partial charge < -0.3 is 0 Å². The van der Waals surface area contributed by atoms with Crippen LogP contribution in [0.5, 0.6) is 0 Å². The molecule has 0 atom stereocenters. The lowest BCUT2D eigenvalue weighted by Crippen LogP contribution is -2.12. The third kappa shape index (κ3) is 4.63. The minimum Gasteiger partial charge on any atom is -0.245 e. The monoisotopic (exact) mass is 669 g/mol. The fraction of sp³-hybridized carbons (Fsp3) is 0. The van der Waals surface area contributed by atoms with Crippen LogP contribution in [0, 0.1) is 143 Å². The molecule has 232 valence electrons. The Bertz CT molecular complexity index is 2340. The second-order valence-electron chi connectivity index (χ2n) is 9.03. The van der Waals surface area contributed by atoms with E-state index in [-0.39, 0.29) is 0 Å². The van der Waals surface area contributed by atoms with Crippen LogP contribution in [0.3, 0.4) is 0 Å². The molecule has 0 saturated carbocycles. The van der Waals surface area contributed by atoms with Gasteiger partial charge in [0.2, 0.25) is 0 Å². The largest absolute Gasteiger partial charge is 0.245 e. The van der Waals surface area contributed by atoms with Gasteiger partial charge in [0.25, 0.3) is 0 Å². The number of nitrogens with zero attached hydrogens (tertiary/aromatic N) is 9. The number of halogens is 9. The van der Waals surface area contributed by atoms with Crippen LogP contribution in [-0.2, 0) is 0 Å². The van der Waals surface area contributed by atoms with Gasteiger partial charge in [-0.15, -0.1) is 0 Å². The van der Waals surface area contributed by atoms with Gasteiger partial charge in [-0.3, -0.25) is 0 Å². The first-order chi connectivity index (χ1) is 23.3. The van der Waals surface area contributed by atoms with Crippen LogP contribution in [0.4, 0.5) is 39.5 Å².